The predicted octanol–water partition coefficient (Wildman–Crippen LogP) is -1.45. The van der Waals surface area contributed by atoms with E-state index in [0.717, 1.165) is 4.48 Å². The number of nitrogens with zero attached hydrogens (tertiary/aromatic N) is 1. The summed E-state index contributed by atoms with van der Waals surface area (Å²) in [7, 11) is 6.86. The van der Waals surface area contributed by atoms with Gasteiger partial charge in [0.05, 0.1) is 47.3 Å². The van der Waals surface area contributed by atoms with E-state index < -0.39 is 0 Å². The molecule has 0 saturated heterocycles. The number of unbranched alkanes of at least 4 members (excludes halogenated alkanes) is 9. The first-order valence-electron chi connectivity index (χ1n) is 10.5. The maximum Gasteiger partial charge on any atom is 0.0780 e. The number of halogens is 2. The largest absolute Gasteiger partial charge is 1.00 e. The molecule has 0 aliphatic heterocycles. The van der Waals surface area contributed by atoms with Crippen LogP contribution in [0.2, 0.25) is 0 Å². The first-order chi connectivity index (χ1) is 10.9. The lowest BCUT2D eigenvalue weighted by atomic mass is 10.1. The Balaban J connectivity index is -0.000000210. The lowest BCUT2D eigenvalue weighted by molar-refractivity contribution is -0.894. The van der Waals surface area contributed by atoms with E-state index >= 15 is 0 Å². The highest BCUT2D eigenvalue weighted by molar-refractivity contribution is 4.47. The second-order valence-corrected chi connectivity index (χ2v) is 8.01. The Kier molecular flexibility index (Phi) is 32.5. The van der Waals surface area contributed by atoms with Crippen LogP contribution in [0.15, 0.2) is 0 Å². The predicted molar refractivity (Wildman–Crippen MR) is 107 cm³/mol. The van der Waals surface area contributed by atoms with Gasteiger partial charge in [-0.25, -0.2) is 0 Å². The molecule has 0 saturated carbocycles. The highest BCUT2D eigenvalue weighted by Crippen LogP contribution is 2.10. The van der Waals surface area contributed by atoms with Gasteiger partial charge in [0.25, 0.3) is 0 Å². The summed E-state index contributed by atoms with van der Waals surface area (Å²) in [6.45, 7) is 14.1. The Morgan fingerprint density at radius 3 is 1.08 bits per heavy atom. The Morgan fingerprint density at radius 1 is 0.520 bits per heavy atom. The monoisotopic (exact) mass is 400 g/mol. The molecule has 25 heavy (non-hydrogen) atoms. The molecule has 158 valence electrons. The van der Waals surface area contributed by atoms with Crippen molar-refractivity contribution in [2.45, 2.75) is 91.9 Å². The smallest absolute Gasteiger partial charge is 0.0780 e. The fourth-order valence-corrected chi connectivity index (χ4v) is 2.82. The van der Waals surface area contributed by atoms with Gasteiger partial charge in [-0.2, -0.15) is 0 Å². The Bertz CT molecular complexity index is 209. The van der Waals surface area contributed by atoms with E-state index in [2.05, 4.69) is 48.8 Å². The molecule has 0 amide bonds. The van der Waals surface area contributed by atoms with Crippen molar-refractivity contribution in [3.8, 4) is 0 Å². The van der Waals surface area contributed by atoms with Crippen LogP contribution in [-0.2, 0) is 0 Å². The zero-order valence-corrected chi connectivity index (χ0v) is 20.1. The van der Waals surface area contributed by atoms with E-state index in [4.69, 9.17) is 0 Å². The van der Waals surface area contributed by atoms with Crippen LogP contribution in [0.4, 0.5) is 0 Å². The molecule has 0 bridgehead atoms. The van der Waals surface area contributed by atoms with E-state index in [-0.39, 0.29) is 24.8 Å². The van der Waals surface area contributed by atoms with Crippen LogP contribution in [-0.4, -0.2) is 51.8 Å². The molecule has 0 aliphatic carbocycles. The van der Waals surface area contributed by atoms with Gasteiger partial charge >= 0.3 is 0 Å². The van der Waals surface area contributed by atoms with Gasteiger partial charge in [-0.3, -0.25) is 0 Å². The molecule has 1 N–H and O–H groups in total. The lowest BCUT2D eigenvalue weighted by Gasteiger charge is -2.23. The summed E-state index contributed by atoms with van der Waals surface area (Å²) in [4.78, 5) is 1.68. The molecule has 0 aliphatic rings. The maximum atomic E-state index is 2.29. The minimum absolute atomic E-state index is 0. The quantitative estimate of drug-likeness (QED) is 0.269. The SMILES string of the molecule is CCCCCCCCCCCC[N+](C)(C)C.CC[NH+](CC)CC.[Cl-].[Cl-]. The van der Waals surface area contributed by atoms with Crippen molar-refractivity contribution >= 4 is 0 Å². The third-order valence-electron chi connectivity index (χ3n) is 4.68. The van der Waals surface area contributed by atoms with Crippen LogP contribution in [0.5, 0.6) is 0 Å². The summed E-state index contributed by atoms with van der Waals surface area (Å²) in [6, 6.07) is 0. The third kappa shape index (κ3) is 32.6. The molecule has 0 radical (unpaired) electrons. The zero-order valence-electron chi connectivity index (χ0n) is 18.6. The van der Waals surface area contributed by atoms with Crippen molar-refractivity contribution in [3.63, 3.8) is 0 Å². The van der Waals surface area contributed by atoms with Crippen molar-refractivity contribution in [3.05, 3.63) is 0 Å². The van der Waals surface area contributed by atoms with E-state index in [9.17, 15) is 0 Å². The van der Waals surface area contributed by atoms with E-state index in [1.54, 1.807) is 4.90 Å². The zero-order chi connectivity index (χ0) is 18.0. The van der Waals surface area contributed by atoms with Gasteiger partial charge < -0.3 is 34.2 Å². The van der Waals surface area contributed by atoms with Gasteiger partial charge in [0.15, 0.2) is 0 Å². The molecule has 0 spiro atoms. The first kappa shape index (κ1) is 33.1. The van der Waals surface area contributed by atoms with Gasteiger partial charge in [0.2, 0.25) is 0 Å². The number of hydrogen-bond donors (Lipinski definition) is 1. The molecule has 0 aromatic heterocycles. The van der Waals surface area contributed by atoms with Crippen molar-refractivity contribution in [1.29, 1.82) is 0 Å². The fourth-order valence-electron chi connectivity index (χ4n) is 2.82. The molecule has 0 fully saturated rings. The molecule has 0 aromatic carbocycles. The number of hydrogen-bond acceptors (Lipinski definition) is 0. The van der Waals surface area contributed by atoms with E-state index in [0.29, 0.717) is 0 Å². The van der Waals surface area contributed by atoms with Crippen LogP contribution in [0, 0.1) is 0 Å². The number of nitrogens with one attached hydrogen (secondary N) is 1. The minimum Gasteiger partial charge on any atom is -1.00 e. The standard InChI is InChI=1S/C15H34N.C6H15N.2ClH/c1-5-6-7-8-9-10-11-12-13-14-15-16(2,3)4;1-4-7(5-2)6-3;;/h5-15H2,1-4H3;4-6H2,1-3H3;2*1H/q+1;;;/p-1. The topological polar surface area (TPSA) is 4.44 Å². The third-order valence-corrected chi connectivity index (χ3v) is 4.68. The lowest BCUT2D eigenvalue weighted by Crippen LogP contribution is -3.11. The molecule has 2 nitrogen and oxygen atoms in total. The summed E-state index contributed by atoms with van der Waals surface area (Å²) < 4.78 is 1.12. The van der Waals surface area contributed by atoms with Crippen LogP contribution in [0.3, 0.4) is 0 Å². The molecule has 0 heterocycles. The minimum atomic E-state index is 0. The number of quaternary nitrogens is 2. The summed E-state index contributed by atoms with van der Waals surface area (Å²) in [5, 5.41) is 0. The van der Waals surface area contributed by atoms with Crippen molar-refractivity contribution < 1.29 is 34.2 Å². The summed E-state index contributed by atoms with van der Waals surface area (Å²) in [6.07, 6.45) is 14.4. The Hall–Kier alpha value is 0.500. The van der Waals surface area contributed by atoms with E-state index in [1.165, 1.54) is 90.4 Å². The second-order valence-electron chi connectivity index (χ2n) is 8.01. The molecular formula is C21H50Cl2N2. The molecule has 0 rings (SSSR count). The molecule has 4 heteroatoms. The molecule has 0 unspecified atom stereocenters. The van der Waals surface area contributed by atoms with Crippen LogP contribution >= 0.6 is 0 Å². The molecule has 0 aromatic rings. The normalized spacial score (nSPS) is 10.6. The van der Waals surface area contributed by atoms with Gasteiger partial charge in [-0.05, 0) is 33.6 Å². The Labute approximate surface area is 173 Å². The van der Waals surface area contributed by atoms with Gasteiger partial charge in [0, 0.05) is 0 Å². The number of rotatable bonds is 14. The average Bonchev–Trinajstić information content (AvgIpc) is 2.50. The van der Waals surface area contributed by atoms with Crippen LogP contribution in [0.1, 0.15) is 91.9 Å². The second kappa shape index (κ2) is 24.5. The van der Waals surface area contributed by atoms with Crippen molar-refractivity contribution in [2.24, 2.45) is 0 Å². The van der Waals surface area contributed by atoms with Gasteiger partial charge in [-0.15, -0.1) is 0 Å². The summed E-state index contributed by atoms with van der Waals surface area (Å²) in [5.74, 6) is 0. The van der Waals surface area contributed by atoms with Crippen LogP contribution < -0.4 is 29.7 Å². The van der Waals surface area contributed by atoms with E-state index in [1.807, 2.05) is 0 Å². The van der Waals surface area contributed by atoms with Crippen molar-refractivity contribution in [1.82, 2.24) is 0 Å². The Morgan fingerprint density at radius 2 is 0.840 bits per heavy atom. The highest BCUT2D eigenvalue weighted by Gasteiger charge is 2.04. The summed E-state index contributed by atoms with van der Waals surface area (Å²) >= 11 is 0. The van der Waals surface area contributed by atoms with Crippen molar-refractivity contribution in [2.75, 3.05) is 47.3 Å². The highest BCUT2D eigenvalue weighted by atomic mass is 35.5. The van der Waals surface area contributed by atoms with Gasteiger partial charge in [0.1, 0.15) is 0 Å². The average molecular weight is 402 g/mol. The fraction of sp³-hybridized carbons (Fsp3) is 1.00. The molecular weight excluding hydrogens is 351 g/mol. The van der Waals surface area contributed by atoms with Gasteiger partial charge in [-0.1, -0.05) is 58.3 Å². The summed E-state index contributed by atoms with van der Waals surface area (Å²) in [5.41, 5.74) is 0. The molecule has 0 atom stereocenters. The first-order valence-corrected chi connectivity index (χ1v) is 10.5. The maximum absolute atomic E-state index is 2.29. The van der Waals surface area contributed by atoms with Crippen LogP contribution in [0.25, 0.3) is 0 Å².